The van der Waals surface area contributed by atoms with E-state index in [9.17, 15) is 18.0 Å². The molecule has 2 N–H and O–H groups in total. The van der Waals surface area contributed by atoms with Gasteiger partial charge in [-0.2, -0.15) is 10.1 Å². The predicted octanol–water partition coefficient (Wildman–Crippen LogP) is 3.77. The summed E-state index contributed by atoms with van der Waals surface area (Å²) in [5, 5.41) is 13.2. The Morgan fingerprint density at radius 3 is 2.71 bits per heavy atom. The van der Waals surface area contributed by atoms with Gasteiger partial charge in [-0.3, -0.25) is 9.89 Å². The maximum Gasteiger partial charge on any atom is 0.573 e. The van der Waals surface area contributed by atoms with Gasteiger partial charge in [0.2, 0.25) is 11.7 Å². The number of rotatable bonds is 6. The molecule has 0 bridgehead atoms. The second kappa shape index (κ2) is 7.97. The van der Waals surface area contributed by atoms with E-state index >= 15 is 0 Å². The summed E-state index contributed by atoms with van der Waals surface area (Å²) in [4.78, 5) is 16.6. The van der Waals surface area contributed by atoms with Crippen LogP contribution in [0.25, 0.3) is 23.0 Å². The number of anilines is 1. The van der Waals surface area contributed by atoms with E-state index in [1.165, 1.54) is 12.1 Å². The number of ether oxygens (including phenoxy) is 1. The van der Waals surface area contributed by atoms with Gasteiger partial charge in [0.1, 0.15) is 18.0 Å². The van der Waals surface area contributed by atoms with Crippen LogP contribution in [-0.4, -0.2) is 37.2 Å². The Balaban J connectivity index is 1.47. The molecular formula is C19H15F3N6O3. The number of carbonyl (C=O) groups is 1. The fourth-order valence-corrected chi connectivity index (χ4v) is 2.82. The summed E-state index contributed by atoms with van der Waals surface area (Å²) in [6.45, 7) is 1.80. The highest BCUT2D eigenvalue weighted by molar-refractivity contribution is 5.89. The number of aromatic amines is 1. The third-order valence-corrected chi connectivity index (χ3v) is 4.11. The van der Waals surface area contributed by atoms with E-state index < -0.39 is 6.36 Å². The van der Waals surface area contributed by atoms with Crippen LogP contribution in [0.1, 0.15) is 5.69 Å². The van der Waals surface area contributed by atoms with E-state index in [1.807, 2.05) is 6.92 Å². The van der Waals surface area contributed by atoms with Crippen LogP contribution in [0.3, 0.4) is 0 Å². The number of carbonyl (C=O) groups excluding carboxylic acids is 1. The third-order valence-electron chi connectivity index (χ3n) is 4.11. The van der Waals surface area contributed by atoms with Crippen LogP contribution >= 0.6 is 0 Å². The molecule has 0 radical (unpaired) electrons. The zero-order valence-corrected chi connectivity index (χ0v) is 16.0. The van der Waals surface area contributed by atoms with Gasteiger partial charge >= 0.3 is 6.36 Å². The molecule has 0 aliphatic rings. The number of hydrogen-bond donors (Lipinski definition) is 2. The minimum Gasteiger partial charge on any atom is -0.406 e. The SMILES string of the molecule is Cc1cc(NC(=O)Cn2cccc2-c2nc(-c3ccc(OC(F)(F)F)cc3)no2)n[nH]1. The first kappa shape index (κ1) is 20.2. The molecule has 160 valence electrons. The Hall–Kier alpha value is -4.09. The highest BCUT2D eigenvalue weighted by Gasteiger charge is 2.31. The molecule has 0 fully saturated rings. The lowest BCUT2D eigenvalue weighted by atomic mass is 10.2. The largest absolute Gasteiger partial charge is 0.573 e. The number of alkyl halides is 3. The normalized spacial score (nSPS) is 11.5. The first-order valence-electron chi connectivity index (χ1n) is 8.94. The molecule has 0 saturated heterocycles. The van der Waals surface area contributed by atoms with E-state index in [4.69, 9.17) is 4.52 Å². The van der Waals surface area contributed by atoms with Crippen molar-refractivity contribution in [2.24, 2.45) is 0 Å². The number of hydrogen-bond acceptors (Lipinski definition) is 6. The number of nitrogens with zero attached hydrogens (tertiary/aromatic N) is 4. The summed E-state index contributed by atoms with van der Waals surface area (Å²) in [5.74, 6) is 0.0851. The van der Waals surface area contributed by atoms with Crippen LogP contribution in [0.5, 0.6) is 5.75 Å². The van der Waals surface area contributed by atoms with Crippen LogP contribution in [0, 0.1) is 6.92 Å². The van der Waals surface area contributed by atoms with E-state index in [1.54, 1.807) is 29.0 Å². The van der Waals surface area contributed by atoms with Crippen LogP contribution < -0.4 is 10.1 Å². The molecule has 3 heterocycles. The quantitative estimate of drug-likeness (QED) is 0.480. The third kappa shape index (κ3) is 4.91. The topological polar surface area (TPSA) is 111 Å². The van der Waals surface area contributed by atoms with Crippen molar-refractivity contribution in [1.29, 1.82) is 0 Å². The molecule has 0 saturated carbocycles. The fraction of sp³-hybridized carbons (Fsp3) is 0.158. The number of aromatic nitrogens is 5. The molecular weight excluding hydrogens is 417 g/mol. The van der Waals surface area contributed by atoms with Gasteiger partial charge < -0.3 is 19.1 Å². The predicted molar refractivity (Wildman–Crippen MR) is 102 cm³/mol. The van der Waals surface area contributed by atoms with E-state index in [0.717, 1.165) is 17.8 Å². The van der Waals surface area contributed by atoms with E-state index in [0.29, 0.717) is 17.1 Å². The lowest BCUT2D eigenvalue weighted by Gasteiger charge is -2.08. The van der Waals surface area contributed by atoms with Crippen LogP contribution in [0.4, 0.5) is 19.0 Å². The summed E-state index contributed by atoms with van der Waals surface area (Å²) >= 11 is 0. The molecule has 9 nitrogen and oxygen atoms in total. The molecule has 0 spiro atoms. The number of H-pyrrole nitrogens is 1. The molecule has 0 atom stereocenters. The molecule has 31 heavy (non-hydrogen) atoms. The average molecular weight is 432 g/mol. The smallest absolute Gasteiger partial charge is 0.406 e. The van der Waals surface area contributed by atoms with Gasteiger partial charge in [0.25, 0.3) is 5.89 Å². The molecule has 0 aliphatic carbocycles. The molecule has 4 rings (SSSR count). The van der Waals surface area contributed by atoms with Crippen molar-refractivity contribution in [2.45, 2.75) is 19.8 Å². The van der Waals surface area contributed by atoms with Gasteiger partial charge in [-0.1, -0.05) is 5.16 Å². The lowest BCUT2D eigenvalue weighted by Crippen LogP contribution is -2.19. The number of aryl methyl sites for hydroxylation is 1. The van der Waals surface area contributed by atoms with Crippen molar-refractivity contribution >= 4 is 11.7 Å². The second-order valence-corrected chi connectivity index (χ2v) is 6.50. The number of nitrogens with one attached hydrogen (secondary N) is 2. The van der Waals surface area contributed by atoms with E-state index in [-0.39, 0.29) is 29.9 Å². The first-order chi connectivity index (χ1) is 14.8. The Labute approximate surface area is 172 Å². The van der Waals surface area contributed by atoms with Gasteiger partial charge in [-0.15, -0.1) is 13.2 Å². The highest BCUT2D eigenvalue weighted by atomic mass is 19.4. The molecule has 4 aromatic rings. The Morgan fingerprint density at radius 1 is 1.26 bits per heavy atom. The maximum atomic E-state index is 12.3. The van der Waals surface area contributed by atoms with Crippen molar-refractivity contribution in [3.63, 3.8) is 0 Å². The minimum absolute atomic E-state index is 0.0184. The van der Waals surface area contributed by atoms with Crippen LogP contribution in [0.15, 0.2) is 53.2 Å². The molecule has 3 aromatic heterocycles. The van der Waals surface area contributed by atoms with E-state index in [2.05, 4.69) is 30.4 Å². The zero-order valence-electron chi connectivity index (χ0n) is 16.0. The van der Waals surface area contributed by atoms with Gasteiger partial charge in [-0.05, 0) is 43.3 Å². The number of halogens is 3. The molecule has 12 heteroatoms. The second-order valence-electron chi connectivity index (χ2n) is 6.50. The van der Waals surface area contributed by atoms with Crippen LogP contribution in [-0.2, 0) is 11.3 Å². The van der Waals surface area contributed by atoms with Crippen molar-refractivity contribution < 1.29 is 27.2 Å². The number of benzene rings is 1. The summed E-state index contributed by atoms with van der Waals surface area (Å²) in [6, 6.07) is 10.2. The monoisotopic (exact) mass is 432 g/mol. The van der Waals surface area contributed by atoms with Gasteiger partial charge in [-0.25, -0.2) is 0 Å². The standard InChI is InChI=1S/C19H15F3N6O3/c1-11-9-15(26-25-11)23-16(29)10-28-8-2-3-14(28)18-24-17(27-31-18)12-4-6-13(7-5-12)30-19(20,21)22/h2-9H,10H2,1H3,(H2,23,25,26,29). The molecule has 1 aromatic carbocycles. The van der Waals surface area contributed by atoms with Crippen molar-refractivity contribution in [1.82, 2.24) is 24.9 Å². The Morgan fingerprint density at radius 2 is 2.03 bits per heavy atom. The lowest BCUT2D eigenvalue weighted by molar-refractivity contribution is -0.274. The van der Waals surface area contributed by atoms with Crippen molar-refractivity contribution in [3.8, 4) is 28.7 Å². The highest BCUT2D eigenvalue weighted by Crippen LogP contribution is 2.27. The zero-order chi connectivity index (χ0) is 22.0. The van der Waals surface area contributed by atoms with Gasteiger partial charge in [0, 0.05) is 23.5 Å². The Bertz CT molecular complexity index is 1190. The maximum absolute atomic E-state index is 12.3. The minimum atomic E-state index is -4.77. The number of amides is 1. The fourth-order valence-electron chi connectivity index (χ4n) is 2.82. The average Bonchev–Trinajstić information content (AvgIpc) is 3.42. The molecule has 0 aliphatic heterocycles. The first-order valence-corrected chi connectivity index (χ1v) is 8.94. The molecule has 1 amide bonds. The summed E-state index contributed by atoms with van der Waals surface area (Å²) in [5.41, 5.74) is 1.76. The summed E-state index contributed by atoms with van der Waals surface area (Å²) in [6.07, 6.45) is -3.09. The molecule has 0 unspecified atom stereocenters. The summed E-state index contributed by atoms with van der Waals surface area (Å²) in [7, 11) is 0. The Kier molecular flexibility index (Phi) is 5.19. The van der Waals surface area contributed by atoms with Crippen LogP contribution in [0.2, 0.25) is 0 Å². The van der Waals surface area contributed by atoms with Crippen molar-refractivity contribution in [2.75, 3.05) is 5.32 Å². The summed E-state index contributed by atoms with van der Waals surface area (Å²) < 4.78 is 47.6. The van der Waals surface area contributed by atoms with Crippen molar-refractivity contribution in [3.05, 3.63) is 54.4 Å². The van der Waals surface area contributed by atoms with Gasteiger partial charge in [0.05, 0.1) is 0 Å². The van der Waals surface area contributed by atoms with Gasteiger partial charge in [0.15, 0.2) is 5.82 Å².